The second-order valence-electron chi connectivity index (χ2n) is 15.6. The molecule has 0 amide bonds. The number of halogens is 3. The van der Waals surface area contributed by atoms with Gasteiger partial charge in [-0.2, -0.15) is 13.2 Å². The van der Waals surface area contributed by atoms with Gasteiger partial charge in [0.25, 0.3) is 0 Å². The summed E-state index contributed by atoms with van der Waals surface area (Å²) in [5.41, 5.74) is 9.59. The third-order valence-electron chi connectivity index (χ3n) is 11.0. The molecule has 0 fully saturated rings. The molecule has 0 saturated carbocycles. The van der Waals surface area contributed by atoms with Gasteiger partial charge >= 0.3 is 6.18 Å². The van der Waals surface area contributed by atoms with Crippen molar-refractivity contribution in [1.82, 2.24) is 0 Å². The summed E-state index contributed by atoms with van der Waals surface area (Å²) < 4.78 is 41.4. The van der Waals surface area contributed by atoms with Crippen LogP contribution >= 0.6 is 0 Å². The van der Waals surface area contributed by atoms with Crippen molar-refractivity contribution in [3.05, 3.63) is 199 Å². The number of benzene rings is 9. The second-order valence-corrected chi connectivity index (χ2v) is 15.6. The molecule has 4 heteroatoms. The fraction of sp³-hybridized carbons (Fsp3) is 0.0943. The van der Waals surface area contributed by atoms with E-state index in [9.17, 15) is 13.2 Å². The Bertz CT molecular complexity index is 2820. The summed E-state index contributed by atoms with van der Waals surface area (Å²) in [6.07, 6.45) is -4.44. The highest BCUT2D eigenvalue weighted by atomic mass is 19.4. The molecule has 0 atom stereocenters. The standard InChI is InChI=1S/C53H40F3N/c1-52(2,3)38-23-27-40(28-24-38)57(41-29-25-39(26-30-41)53(54,55)56)42-31-32-45-48(33-42)43-21-13-14-22-44(43)50-47(36-17-9-5-10-18-36)34-46(35-15-7-4-8-16-35)49(51(45)50)37-19-11-6-12-20-37/h4-34H,1-3H3. The minimum atomic E-state index is -4.44. The maximum atomic E-state index is 13.8. The molecule has 9 rings (SSSR count). The maximum Gasteiger partial charge on any atom is 0.416 e. The van der Waals surface area contributed by atoms with Crippen LogP contribution in [0, 0.1) is 0 Å². The molecule has 0 aromatic heterocycles. The van der Waals surface area contributed by atoms with Gasteiger partial charge in [-0.15, -0.1) is 0 Å². The Hall–Kier alpha value is -6.65. The summed E-state index contributed by atoms with van der Waals surface area (Å²) in [6.45, 7) is 6.51. The van der Waals surface area contributed by atoms with Crippen LogP contribution in [-0.2, 0) is 11.6 Å². The van der Waals surface area contributed by atoms with E-state index in [4.69, 9.17) is 0 Å². The summed E-state index contributed by atoms with van der Waals surface area (Å²) >= 11 is 0. The average molecular weight is 748 g/mol. The summed E-state index contributed by atoms with van der Waals surface area (Å²) in [7, 11) is 0. The highest BCUT2D eigenvalue weighted by Crippen LogP contribution is 2.50. The van der Waals surface area contributed by atoms with E-state index in [1.807, 2.05) is 6.07 Å². The second kappa shape index (κ2) is 14.1. The molecular weight excluding hydrogens is 708 g/mol. The van der Waals surface area contributed by atoms with Gasteiger partial charge in [0, 0.05) is 17.1 Å². The van der Waals surface area contributed by atoms with Crippen LogP contribution in [0.5, 0.6) is 0 Å². The first kappa shape index (κ1) is 36.0. The van der Waals surface area contributed by atoms with Crippen LogP contribution in [0.3, 0.4) is 0 Å². The number of hydrogen-bond acceptors (Lipinski definition) is 1. The lowest BCUT2D eigenvalue weighted by atomic mass is 9.81. The molecule has 0 aliphatic rings. The van der Waals surface area contributed by atoms with Crippen molar-refractivity contribution in [3.8, 4) is 33.4 Å². The zero-order valence-electron chi connectivity index (χ0n) is 32.0. The van der Waals surface area contributed by atoms with Crippen molar-refractivity contribution in [2.24, 2.45) is 0 Å². The molecule has 278 valence electrons. The largest absolute Gasteiger partial charge is 0.416 e. The Morgan fingerprint density at radius 3 is 1.37 bits per heavy atom. The van der Waals surface area contributed by atoms with Gasteiger partial charge < -0.3 is 4.90 Å². The molecule has 0 heterocycles. The summed E-state index contributed by atoms with van der Waals surface area (Å²) in [6, 6.07) is 63.0. The van der Waals surface area contributed by atoms with Gasteiger partial charge in [0.2, 0.25) is 0 Å². The molecule has 0 saturated heterocycles. The molecule has 0 N–H and O–H groups in total. The van der Waals surface area contributed by atoms with E-state index in [1.54, 1.807) is 12.1 Å². The monoisotopic (exact) mass is 747 g/mol. The Morgan fingerprint density at radius 2 is 0.825 bits per heavy atom. The molecule has 0 aliphatic heterocycles. The van der Waals surface area contributed by atoms with Crippen molar-refractivity contribution in [2.45, 2.75) is 32.4 Å². The van der Waals surface area contributed by atoms with Gasteiger partial charge in [-0.3, -0.25) is 0 Å². The number of fused-ring (bicyclic) bond motifs is 6. The normalized spacial score (nSPS) is 12.0. The van der Waals surface area contributed by atoms with Gasteiger partial charge in [-0.1, -0.05) is 154 Å². The lowest BCUT2D eigenvalue weighted by molar-refractivity contribution is -0.137. The number of alkyl halides is 3. The molecule has 0 radical (unpaired) electrons. The number of nitrogens with zero attached hydrogens (tertiary/aromatic N) is 1. The zero-order chi connectivity index (χ0) is 39.3. The van der Waals surface area contributed by atoms with Crippen LogP contribution in [0.1, 0.15) is 31.9 Å². The third kappa shape index (κ3) is 6.61. The predicted octanol–water partition coefficient (Wildman–Crippen LogP) is 15.9. The summed E-state index contributed by atoms with van der Waals surface area (Å²) in [5, 5.41) is 6.70. The van der Waals surface area contributed by atoms with Crippen molar-refractivity contribution in [3.63, 3.8) is 0 Å². The van der Waals surface area contributed by atoms with Crippen LogP contribution in [0.4, 0.5) is 30.2 Å². The van der Waals surface area contributed by atoms with Crippen LogP contribution < -0.4 is 4.90 Å². The van der Waals surface area contributed by atoms with Crippen molar-refractivity contribution >= 4 is 49.4 Å². The number of hydrogen-bond donors (Lipinski definition) is 0. The molecule has 9 aromatic rings. The Kier molecular flexibility index (Phi) is 8.93. The first-order chi connectivity index (χ1) is 27.6. The van der Waals surface area contributed by atoms with Gasteiger partial charge in [0.1, 0.15) is 0 Å². The van der Waals surface area contributed by atoms with Crippen LogP contribution in [0.25, 0.3) is 65.7 Å². The van der Waals surface area contributed by atoms with Crippen molar-refractivity contribution in [1.29, 1.82) is 0 Å². The fourth-order valence-electron chi connectivity index (χ4n) is 8.23. The maximum absolute atomic E-state index is 13.8. The lowest BCUT2D eigenvalue weighted by Crippen LogP contribution is -2.13. The minimum Gasteiger partial charge on any atom is -0.310 e. The van der Waals surface area contributed by atoms with E-state index in [0.29, 0.717) is 5.69 Å². The van der Waals surface area contributed by atoms with E-state index in [-0.39, 0.29) is 5.41 Å². The van der Waals surface area contributed by atoms with Crippen LogP contribution in [0.15, 0.2) is 188 Å². The van der Waals surface area contributed by atoms with E-state index in [1.165, 1.54) is 10.9 Å². The zero-order valence-corrected chi connectivity index (χ0v) is 32.0. The van der Waals surface area contributed by atoms with Gasteiger partial charge in [0.05, 0.1) is 5.56 Å². The Balaban J connectivity index is 1.40. The van der Waals surface area contributed by atoms with Crippen molar-refractivity contribution < 1.29 is 13.2 Å². The van der Waals surface area contributed by atoms with Gasteiger partial charge in [-0.25, -0.2) is 0 Å². The number of rotatable bonds is 6. The molecule has 0 bridgehead atoms. The lowest BCUT2D eigenvalue weighted by Gasteiger charge is -2.28. The highest BCUT2D eigenvalue weighted by molar-refractivity contribution is 6.33. The molecule has 1 nitrogen and oxygen atoms in total. The fourth-order valence-corrected chi connectivity index (χ4v) is 8.23. The smallest absolute Gasteiger partial charge is 0.310 e. The van der Waals surface area contributed by atoms with Crippen LogP contribution in [0.2, 0.25) is 0 Å². The molecule has 57 heavy (non-hydrogen) atoms. The van der Waals surface area contributed by atoms with E-state index >= 15 is 0 Å². The molecule has 0 spiro atoms. The van der Waals surface area contributed by atoms with E-state index < -0.39 is 11.7 Å². The first-order valence-electron chi connectivity index (χ1n) is 19.3. The summed E-state index contributed by atoms with van der Waals surface area (Å²) in [5.74, 6) is 0. The SMILES string of the molecule is CC(C)(C)c1ccc(N(c2ccc(C(F)(F)F)cc2)c2ccc3c(c2)c2ccccc2c2c(-c4ccccc4)cc(-c4ccccc4)c(-c4ccccc4)c32)cc1. The van der Waals surface area contributed by atoms with Crippen molar-refractivity contribution in [2.75, 3.05) is 4.90 Å². The minimum absolute atomic E-state index is 0.0612. The summed E-state index contributed by atoms with van der Waals surface area (Å²) in [4.78, 5) is 2.05. The van der Waals surface area contributed by atoms with Gasteiger partial charge in [-0.05, 0) is 131 Å². The predicted molar refractivity (Wildman–Crippen MR) is 234 cm³/mol. The van der Waals surface area contributed by atoms with E-state index in [0.717, 1.165) is 83.8 Å². The molecule has 0 unspecified atom stereocenters. The van der Waals surface area contributed by atoms with Crippen LogP contribution in [-0.4, -0.2) is 0 Å². The first-order valence-corrected chi connectivity index (χ1v) is 19.3. The average Bonchev–Trinajstić information content (AvgIpc) is 3.24. The quantitative estimate of drug-likeness (QED) is 0.153. The molecule has 0 aliphatic carbocycles. The Morgan fingerprint density at radius 1 is 0.368 bits per heavy atom. The van der Waals surface area contributed by atoms with Gasteiger partial charge in [0.15, 0.2) is 0 Å². The highest BCUT2D eigenvalue weighted by Gasteiger charge is 2.30. The Labute approximate surface area is 331 Å². The topological polar surface area (TPSA) is 3.24 Å². The van der Waals surface area contributed by atoms with E-state index in [2.05, 4.69) is 183 Å². The molecular formula is C53H40F3N. The third-order valence-corrected chi connectivity index (χ3v) is 11.0. The molecule has 9 aromatic carbocycles. The number of anilines is 3.